The summed E-state index contributed by atoms with van der Waals surface area (Å²) in [7, 11) is 1.66. The molecule has 0 spiro atoms. The van der Waals surface area contributed by atoms with Crippen molar-refractivity contribution in [2.24, 2.45) is 0 Å². The van der Waals surface area contributed by atoms with Crippen molar-refractivity contribution in [2.45, 2.75) is 39.2 Å². The lowest BCUT2D eigenvalue weighted by atomic mass is 10.1. The summed E-state index contributed by atoms with van der Waals surface area (Å²) in [5, 5.41) is 7.02. The van der Waals surface area contributed by atoms with Crippen LogP contribution in [0, 0.1) is 0 Å². The number of H-pyrrole nitrogens is 1. The number of nitrogens with zero attached hydrogens (tertiary/aromatic N) is 2. The van der Waals surface area contributed by atoms with Crippen LogP contribution in [0.2, 0.25) is 0 Å². The molecule has 0 bridgehead atoms. The van der Waals surface area contributed by atoms with Crippen LogP contribution in [0.3, 0.4) is 0 Å². The summed E-state index contributed by atoms with van der Waals surface area (Å²) in [5.74, 6) is 1.65. The largest absolute Gasteiger partial charge is 0.371 e. The number of hydrogen-bond acceptors (Lipinski definition) is 3. The number of rotatable bonds is 4. The Hall–Kier alpha value is -0.900. The van der Waals surface area contributed by atoms with Gasteiger partial charge in [0.15, 0.2) is 5.82 Å². The zero-order valence-electron chi connectivity index (χ0n) is 8.72. The van der Waals surface area contributed by atoms with E-state index in [1.54, 1.807) is 7.11 Å². The molecule has 0 unspecified atom stereocenters. The predicted octanol–water partition coefficient (Wildman–Crippen LogP) is 1.64. The third kappa shape index (κ3) is 2.28. The summed E-state index contributed by atoms with van der Waals surface area (Å²) < 4.78 is 5.27. The molecule has 0 amide bonds. The smallest absolute Gasteiger partial charge is 0.181 e. The number of nitrogens with one attached hydrogen (secondary N) is 1. The van der Waals surface area contributed by atoms with Crippen LogP contribution in [-0.4, -0.2) is 22.3 Å². The minimum Gasteiger partial charge on any atom is -0.371 e. The van der Waals surface area contributed by atoms with E-state index in [1.165, 1.54) is 0 Å². The molecule has 0 saturated heterocycles. The molecule has 1 heterocycles. The maximum atomic E-state index is 5.27. The van der Waals surface area contributed by atoms with E-state index < -0.39 is 5.60 Å². The van der Waals surface area contributed by atoms with Crippen molar-refractivity contribution < 1.29 is 4.74 Å². The molecule has 0 atom stereocenters. The first-order chi connectivity index (χ1) is 6.10. The summed E-state index contributed by atoms with van der Waals surface area (Å²) in [5.41, 5.74) is -0.400. The fraction of sp³-hybridized carbons (Fsp3) is 0.778. The lowest BCUT2D eigenvalue weighted by molar-refractivity contribution is 0.0117. The van der Waals surface area contributed by atoms with Crippen LogP contribution in [-0.2, 0) is 16.8 Å². The fourth-order valence-electron chi connectivity index (χ4n) is 1.00. The first-order valence-electron chi connectivity index (χ1n) is 4.57. The molecule has 0 saturated carbocycles. The monoisotopic (exact) mass is 183 g/mol. The number of aryl methyl sites for hydroxylation is 1. The highest BCUT2D eigenvalue weighted by atomic mass is 16.5. The Bertz CT molecular complexity index is 268. The van der Waals surface area contributed by atoms with E-state index in [1.807, 2.05) is 13.8 Å². The Kier molecular flexibility index (Phi) is 3.03. The first-order valence-corrected chi connectivity index (χ1v) is 4.57. The molecule has 4 heteroatoms. The molecule has 0 radical (unpaired) electrons. The quantitative estimate of drug-likeness (QED) is 0.772. The highest BCUT2D eigenvalue weighted by molar-refractivity contribution is 4.99. The van der Waals surface area contributed by atoms with Crippen LogP contribution >= 0.6 is 0 Å². The van der Waals surface area contributed by atoms with Crippen LogP contribution in [0.4, 0.5) is 0 Å². The van der Waals surface area contributed by atoms with Crippen LogP contribution in [0.15, 0.2) is 0 Å². The molecule has 4 nitrogen and oxygen atoms in total. The third-order valence-electron chi connectivity index (χ3n) is 2.07. The van der Waals surface area contributed by atoms with Gasteiger partial charge in [-0.05, 0) is 20.3 Å². The van der Waals surface area contributed by atoms with Gasteiger partial charge in [-0.3, -0.25) is 5.10 Å². The lowest BCUT2D eigenvalue weighted by Crippen LogP contribution is -2.21. The van der Waals surface area contributed by atoms with Gasteiger partial charge >= 0.3 is 0 Å². The van der Waals surface area contributed by atoms with Crippen LogP contribution in [0.25, 0.3) is 0 Å². The van der Waals surface area contributed by atoms with Crippen molar-refractivity contribution >= 4 is 0 Å². The third-order valence-corrected chi connectivity index (χ3v) is 2.07. The van der Waals surface area contributed by atoms with Crippen molar-refractivity contribution in [1.82, 2.24) is 15.2 Å². The fourth-order valence-corrected chi connectivity index (χ4v) is 1.00. The summed E-state index contributed by atoms with van der Waals surface area (Å²) in [6.45, 7) is 6.02. The molecular weight excluding hydrogens is 166 g/mol. The van der Waals surface area contributed by atoms with Gasteiger partial charge < -0.3 is 4.74 Å². The Morgan fingerprint density at radius 1 is 1.46 bits per heavy atom. The summed E-state index contributed by atoms with van der Waals surface area (Å²) in [6, 6.07) is 0. The van der Waals surface area contributed by atoms with Gasteiger partial charge in [0.2, 0.25) is 0 Å². The second-order valence-corrected chi connectivity index (χ2v) is 3.57. The van der Waals surface area contributed by atoms with Gasteiger partial charge in [-0.2, -0.15) is 5.10 Å². The van der Waals surface area contributed by atoms with E-state index in [2.05, 4.69) is 22.1 Å². The molecule has 0 aromatic carbocycles. The molecule has 1 N–H and O–H groups in total. The van der Waals surface area contributed by atoms with Gasteiger partial charge in [0.1, 0.15) is 11.4 Å². The second-order valence-electron chi connectivity index (χ2n) is 3.57. The van der Waals surface area contributed by atoms with Gasteiger partial charge in [0.05, 0.1) is 0 Å². The summed E-state index contributed by atoms with van der Waals surface area (Å²) >= 11 is 0. The zero-order chi connectivity index (χ0) is 9.90. The van der Waals surface area contributed by atoms with Gasteiger partial charge in [0, 0.05) is 13.5 Å². The molecule has 1 aromatic heterocycles. The predicted molar refractivity (Wildman–Crippen MR) is 50.4 cm³/mol. The van der Waals surface area contributed by atoms with E-state index in [-0.39, 0.29) is 0 Å². The average molecular weight is 183 g/mol. The second kappa shape index (κ2) is 3.87. The highest BCUT2D eigenvalue weighted by Crippen LogP contribution is 2.19. The standard InChI is InChI=1S/C9H17N3O/c1-5-6-7-10-8(12-11-7)9(2,3)13-4/h5-6H2,1-4H3,(H,10,11,12). The van der Waals surface area contributed by atoms with Crippen molar-refractivity contribution in [2.75, 3.05) is 7.11 Å². The lowest BCUT2D eigenvalue weighted by Gasteiger charge is -2.18. The number of aromatic amines is 1. The molecule has 74 valence electrons. The van der Waals surface area contributed by atoms with Crippen molar-refractivity contribution in [3.8, 4) is 0 Å². The molecule has 1 rings (SSSR count). The van der Waals surface area contributed by atoms with E-state index in [4.69, 9.17) is 4.74 Å². The van der Waals surface area contributed by atoms with E-state index in [0.717, 1.165) is 24.5 Å². The zero-order valence-corrected chi connectivity index (χ0v) is 8.72. The van der Waals surface area contributed by atoms with E-state index >= 15 is 0 Å². The van der Waals surface area contributed by atoms with Crippen LogP contribution in [0.1, 0.15) is 38.8 Å². The van der Waals surface area contributed by atoms with E-state index in [0.29, 0.717) is 0 Å². The van der Waals surface area contributed by atoms with Crippen LogP contribution in [0.5, 0.6) is 0 Å². The molecule has 0 aliphatic carbocycles. The summed E-state index contributed by atoms with van der Waals surface area (Å²) in [4.78, 5) is 4.35. The van der Waals surface area contributed by atoms with Crippen molar-refractivity contribution in [3.63, 3.8) is 0 Å². The normalized spacial score (nSPS) is 12.0. The molecule has 0 aliphatic heterocycles. The maximum Gasteiger partial charge on any atom is 0.181 e. The number of methoxy groups -OCH3 is 1. The Morgan fingerprint density at radius 2 is 2.15 bits per heavy atom. The molecule has 1 aromatic rings. The topological polar surface area (TPSA) is 50.8 Å². The Morgan fingerprint density at radius 3 is 2.69 bits per heavy atom. The molecule has 0 aliphatic rings. The molecule has 0 fully saturated rings. The minimum atomic E-state index is -0.400. The SMILES string of the molecule is CCCc1nc(C(C)(C)OC)n[nH]1. The highest BCUT2D eigenvalue weighted by Gasteiger charge is 2.24. The Labute approximate surface area is 78.7 Å². The van der Waals surface area contributed by atoms with Gasteiger partial charge in [0.25, 0.3) is 0 Å². The number of hydrogen-bond donors (Lipinski definition) is 1. The average Bonchev–Trinajstić information content (AvgIpc) is 2.54. The number of ether oxygens (including phenoxy) is 1. The van der Waals surface area contributed by atoms with Crippen molar-refractivity contribution in [1.29, 1.82) is 0 Å². The summed E-state index contributed by atoms with van der Waals surface area (Å²) in [6.07, 6.45) is 2.01. The number of aromatic nitrogens is 3. The minimum absolute atomic E-state index is 0.400. The van der Waals surface area contributed by atoms with Crippen molar-refractivity contribution in [3.05, 3.63) is 11.6 Å². The van der Waals surface area contributed by atoms with Gasteiger partial charge in [-0.25, -0.2) is 4.98 Å². The maximum absolute atomic E-state index is 5.27. The van der Waals surface area contributed by atoms with Gasteiger partial charge in [-0.15, -0.1) is 0 Å². The Balaban J connectivity index is 2.79. The van der Waals surface area contributed by atoms with Crippen LogP contribution < -0.4 is 0 Å². The molecule has 13 heavy (non-hydrogen) atoms. The van der Waals surface area contributed by atoms with E-state index in [9.17, 15) is 0 Å². The van der Waals surface area contributed by atoms with Gasteiger partial charge in [-0.1, -0.05) is 6.92 Å². The molecular formula is C9H17N3O. The first kappa shape index (κ1) is 10.2.